The molecule has 0 saturated carbocycles. The standard InChI is InChI=1S/C35H41N2O3P.CH3ClO/c1-7-36(8-2)25-19-21-28-32(23-25)41(38,27-15-12-11-13-16-27)33-24-26(37(9-3)10-4)20-22-29(33)34(28)35-30(39-5)17-14-18-31(35)40-6;1-3-2/h11-24,34H,7-10H2,1-6H3;1H3. The topological polar surface area (TPSA) is 51.2 Å². The summed E-state index contributed by atoms with van der Waals surface area (Å²) in [5.41, 5.74) is 5.17. The Kier molecular flexibility index (Phi) is 11.4. The van der Waals surface area contributed by atoms with Crippen molar-refractivity contribution in [1.29, 1.82) is 0 Å². The number of halogens is 1. The zero-order valence-electron chi connectivity index (χ0n) is 26.8. The second kappa shape index (κ2) is 15.0. The number of hydrogen-bond acceptors (Lipinski definition) is 6. The molecule has 0 radical (unpaired) electrons. The largest absolute Gasteiger partial charge is 0.496 e. The van der Waals surface area contributed by atoms with Crippen molar-refractivity contribution in [2.75, 3.05) is 57.3 Å². The third kappa shape index (κ3) is 6.08. The molecule has 0 amide bonds. The molecule has 8 heteroatoms. The minimum atomic E-state index is -3.26. The number of hydrogen-bond donors (Lipinski definition) is 0. The highest BCUT2D eigenvalue weighted by Crippen LogP contribution is 2.55. The molecule has 4 aromatic carbocycles. The molecule has 0 bridgehead atoms. The summed E-state index contributed by atoms with van der Waals surface area (Å²) in [5.74, 6) is 1.29. The van der Waals surface area contributed by atoms with Crippen molar-refractivity contribution < 1.29 is 18.3 Å². The Labute approximate surface area is 268 Å². The Morgan fingerprint density at radius 2 is 1.09 bits per heavy atom. The van der Waals surface area contributed by atoms with Gasteiger partial charge in [-0.3, -0.25) is 4.29 Å². The first kappa shape index (κ1) is 33.5. The molecule has 1 aliphatic heterocycles. The van der Waals surface area contributed by atoms with Gasteiger partial charge in [0, 0.05) is 64.9 Å². The summed E-state index contributed by atoms with van der Waals surface area (Å²) < 4.78 is 31.6. The molecular formula is C36H44ClN2O4P. The molecule has 234 valence electrons. The van der Waals surface area contributed by atoms with Gasteiger partial charge < -0.3 is 23.8 Å². The average molecular weight is 635 g/mol. The highest BCUT2D eigenvalue weighted by atomic mass is 35.5. The maximum Gasteiger partial charge on any atom is 0.171 e. The zero-order valence-corrected chi connectivity index (χ0v) is 28.5. The third-order valence-electron chi connectivity index (χ3n) is 8.46. The highest BCUT2D eigenvalue weighted by Gasteiger charge is 2.44. The molecule has 0 atom stereocenters. The van der Waals surface area contributed by atoms with Crippen LogP contribution in [0.1, 0.15) is 50.3 Å². The lowest BCUT2D eigenvalue weighted by Gasteiger charge is -2.37. The minimum Gasteiger partial charge on any atom is -0.496 e. The van der Waals surface area contributed by atoms with Crippen molar-refractivity contribution >= 4 is 46.3 Å². The molecule has 5 rings (SSSR count). The number of methoxy groups -OCH3 is 2. The Morgan fingerprint density at radius 1 is 0.659 bits per heavy atom. The Bertz CT molecular complexity index is 1500. The molecule has 1 aliphatic rings. The van der Waals surface area contributed by atoms with E-state index in [1.807, 2.05) is 48.5 Å². The van der Waals surface area contributed by atoms with Gasteiger partial charge in [-0.05, 0) is 75.2 Å². The monoisotopic (exact) mass is 634 g/mol. The lowest BCUT2D eigenvalue weighted by Crippen LogP contribution is -2.38. The first-order valence-electron chi connectivity index (χ1n) is 15.2. The lowest BCUT2D eigenvalue weighted by atomic mass is 9.83. The van der Waals surface area contributed by atoms with E-state index in [-0.39, 0.29) is 5.92 Å². The number of fused-ring (bicyclic) bond motifs is 2. The number of nitrogens with zero attached hydrogens (tertiary/aromatic N) is 2. The van der Waals surface area contributed by atoms with Gasteiger partial charge in [0.2, 0.25) is 0 Å². The molecule has 0 N–H and O–H groups in total. The molecule has 0 unspecified atom stereocenters. The van der Waals surface area contributed by atoms with Crippen LogP contribution in [-0.2, 0) is 8.85 Å². The molecular weight excluding hydrogens is 591 g/mol. The summed E-state index contributed by atoms with van der Waals surface area (Å²) in [6.45, 7) is 12.1. The van der Waals surface area contributed by atoms with Crippen molar-refractivity contribution in [1.82, 2.24) is 0 Å². The Morgan fingerprint density at radius 3 is 1.48 bits per heavy atom. The molecule has 0 aliphatic carbocycles. The van der Waals surface area contributed by atoms with Crippen LogP contribution in [0.2, 0.25) is 0 Å². The lowest BCUT2D eigenvalue weighted by molar-refractivity contribution is 0.384. The van der Waals surface area contributed by atoms with Gasteiger partial charge in [-0.2, -0.15) is 0 Å². The number of anilines is 2. The minimum absolute atomic E-state index is 0.214. The van der Waals surface area contributed by atoms with E-state index in [9.17, 15) is 0 Å². The van der Waals surface area contributed by atoms with Gasteiger partial charge in [0.05, 0.1) is 33.2 Å². The van der Waals surface area contributed by atoms with Crippen molar-refractivity contribution in [2.24, 2.45) is 0 Å². The van der Waals surface area contributed by atoms with E-state index in [0.29, 0.717) is 0 Å². The second-order valence-electron chi connectivity index (χ2n) is 10.4. The van der Waals surface area contributed by atoms with Crippen LogP contribution in [-0.4, -0.2) is 47.5 Å². The quantitative estimate of drug-likeness (QED) is 0.150. The fraction of sp³-hybridized carbons (Fsp3) is 0.333. The maximum absolute atomic E-state index is 16.0. The predicted molar refractivity (Wildman–Crippen MR) is 186 cm³/mol. The summed E-state index contributed by atoms with van der Waals surface area (Å²) >= 11 is 4.50. The van der Waals surface area contributed by atoms with Crippen molar-refractivity contribution in [3.8, 4) is 11.5 Å². The molecule has 0 aromatic heterocycles. The van der Waals surface area contributed by atoms with Crippen LogP contribution >= 0.6 is 19.0 Å². The van der Waals surface area contributed by atoms with Gasteiger partial charge in [0.15, 0.2) is 7.14 Å². The van der Waals surface area contributed by atoms with Crippen LogP contribution in [0.4, 0.5) is 11.4 Å². The number of rotatable bonds is 10. The Hall–Kier alpha value is -3.44. The summed E-state index contributed by atoms with van der Waals surface area (Å²) in [5, 5.41) is 2.62. The van der Waals surface area contributed by atoms with Crippen LogP contribution in [0.25, 0.3) is 0 Å². The fourth-order valence-corrected chi connectivity index (χ4v) is 9.53. The molecule has 1 heterocycles. The van der Waals surface area contributed by atoms with Crippen molar-refractivity contribution in [2.45, 2.75) is 33.6 Å². The van der Waals surface area contributed by atoms with Gasteiger partial charge in [0.1, 0.15) is 11.5 Å². The highest BCUT2D eigenvalue weighted by molar-refractivity contribution is 7.85. The number of ether oxygens (including phenoxy) is 2. The summed E-state index contributed by atoms with van der Waals surface area (Å²) in [6, 6.07) is 29.0. The molecule has 0 fully saturated rings. The smallest absolute Gasteiger partial charge is 0.171 e. The van der Waals surface area contributed by atoms with E-state index in [1.165, 1.54) is 7.11 Å². The summed E-state index contributed by atoms with van der Waals surface area (Å²) in [7, 11) is 1.53. The van der Waals surface area contributed by atoms with Gasteiger partial charge in [-0.25, -0.2) is 0 Å². The fourth-order valence-electron chi connectivity index (χ4n) is 6.36. The molecule has 4 aromatic rings. The first-order valence-corrected chi connectivity index (χ1v) is 17.2. The van der Waals surface area contributed by atoms with E-state index in [4.69, 9.17) is 9.47 Å². The predicted octanol–water partition coefficient (Wildman–Crippen LogP) is 7.32. The van der Waals surface area contributed by atoms with Crippen LogP contribution in [0, 0.1) is 0 Å². The summed E-state index contributed by atoms with van der Waals surface area (Å²) in [4.78, 5) is 4.63. The van der Waals surface area contributed by atoms with E-state index < -0.39 is 7.14 Å². The first-order chi connectivity index (χ1) is 21.4. The van der Waals surface area contributed by atoms with Crippen molar-refractivity contribution in [3.63, 3.8) is 0 Å². The van der Waals surface area contributed by atoms with Crippen LogP contribution < -0.4 is 35.2 Å². The van der Waals surface area contributed by atoms with E-state index in [2.05, 4.69) is 90.0 Å². The van der Waals surface area contributed by atoms with E-state index in [0.717, 1.165) is 81.7 Å². The van der Waals surface area contributed by atoms with Gasteiger partial charge in [0.25, 0.3) is 0 Å². The van der Waals surface area contributed by atoms with E-state index in [1.54, 1.807) is 14.2 Å². The average Bonchev–Trinajstić information content (AvgIpc) is 3.07. The molecule has 44 heavy (non-hydrogen) atoms. The molecule has 0 saturated heterocycles. The van der Waals surface area contributed by atoms with Gasteiger partial charge in [-0.1, -0.05) is 48.5 Å². The third-order valence-corrected chi connectivity index (χ3v) is 11.6. The van der Waals surface area contributed by atoms with Gasteiger partial charge in [-0.15, -0.1) is 0 Å². The van der Waals surface area contributed by atoms with E-state index >= 15 is 4.57 Å². The number of benzene rings is 4. The zero-order chi connectivity index (χ0) is 31.9. The van der Waals surface area contributed by atoms with Gasteiger partial charge >= 0.3 is 0 Å². The van der Waals surface area contributed by atoms with Crippen LogP contribution in [0.3, 0.4) is 0 Å². The van der Waals surface area contributed by atoms with Crippen LogP contribution in [0.5, 0.6) is 11.5 Å². The Balaban J connectivity index is 0.00000141. The van der Waals surface area contributed by atoms with Crippen molar-refractivity contribution in [3.05, 3.63) is 102 Å². The maximum atomic E-state index is 16.0. The van der Waals surface area contributed by atoms with Crippen LogP contribution in [0.15, 0.2) is 84.9 Å². The SMILES string of the molecule is CCN(CC)c1ccc2c(c1)P(=O)(c1ccccc1)c1cc(N(CC)CC)ccc1C2c1c(OC)cccc1OC.COCl. The summed E-state index contributed by atoms with van der Waals surface area (Å²) in [6.07, 6.45) is 0. The molecule has 6 nitrogen and oxygen atoms in total. The second-order valence-corrected chi connectivity index (χ2v) is 13.4. The molecule has 0 spiro atoms. The normalized spacial score (nSPS) is 16.6.